The molecule has 0 bridgehead atoms. The molecule has 5 heteroatoms. The van der Waals surface area contributed by atoms with Gasteiger partial charge in [-0.15, -0.1) is 0 Å². The van der Waals surface area contributed by atoms with Crippen molar-refractivity contribution < 1.29 is 14.6 Å². The molecule has 0 heterocycles. The molecule has 102 valence electrons. The van der Waals surface area contributed by atoms with Crippen LogP contribution in [0.5, 0.6) is 5.75 Å². The highest BCUT2D eigenvalue weighted by Gasteiger charge is 2.21. The molecule has 0 radical (unpaired) electrons. The van der Waals surface area contributed by atoms with Crippen molar-refractivity contribution in [2.75, 3.05) is 18.6 Å². The Bertz CT molecular complexity index is 399. The van der Waals surface area contributed by atoms with Crippen LogP contribution in [-0.2, 0) is 0 Å². The van der Waals surface area contributed by atoms with Crippen molar-refractivity contribution >= 4 is 11.8 Å². The number of halogens is 1. The van der Waals surface area contributed by atoms with E-state index in [1.807, 2.05) is 13.2 Å². The number of phenolic OH excluding ortho intramolecular Hbond substituents is 1. The van der Waals surface area contributed by atoms with E-state index >= 15 is 0 Å². The maximum atomic E-state index is 12.9. The Hall–Kier alpha value is -0.780. The molecule has 1 aromatic rings. The van der Waals surface area contributed by atoms with Crippen molar-refractivity contribution in [3.05, 3.63) is 29.6 Å². The van der Waals surface area contributed by atoms with Gasteiger partial charge < -0.3 is 15.5 Å². The Morgan fingerprint density at radius 3 is 2.72 bits per heavy atom. The van der Waals surface area contributed by atoms with Gasteiger partial charge in [-0.2, -0.15) is 11.8 Å². The topological polar surface area (TPSA) is 52.5 Å². The van der Waals surface area contributed by atoms with Gasteiger partial charge in [-0.1, -0.05) is 6.07 Å². The third-order valence-electron chi connectivity index (χ3n) is 2.70. The number of thioether (sulfide) groups is 1. The first-order valence-electron chi connectivity index (χ1n) is 5.79. The summed E-state index contributed by atoms with van der Waals surface area (Å²) in [5.74, 6) is 0.0969. The second-order valence-electron chi connectivity index (χ2n) is 4.74. The van der Waals surface area contributed by atoms with Crippen molar-refractivity contribution in [1.82, 2.24) is 5.32 Å². The van der Waals surface area contributed by atoms with Crippen LogP contribution in [0.1, 0.15) is 25.5 Å². The van der Waals surface area contributed by atoms with Gasteiger partial charge in [0.1, 0.15) is 11.6 Å². The maximum Gasteiger partial charge on any atom is 0.126 e. The number of aromatic hydroxyl groups is 1. The summed E-state index contributed by atoms with van der Waals surface area (Å²) >= 11 is 1.57. The first kappa shape index (κ1) is 15.3. The second-order valence-corrected chi connectivity index (χ2v) is 5.60. The van der Waals surface area contributed by atoms with E-state index in [0.717, 1.165) is 6.07 Å². The van der Waals surface area contributed by atoms with Crippen molar-refractivity contribution in [3.63, 3.8) is 0 Å². The summed E-state index contributed by atoms with van der Waals surface area (Å²) < 4.78 is 12.9. The Labute approximate surface area is 111 Å². The van der Waals surface area contributed by atoms with Gasteiger partial charge in [0.2, 0.25) is 0 Å². The number of hydrogen-bond donors (Lipinski definition) is 3. The zero-order valence-electron chi connectivity index (χ0n) is 10.9. The molecule has 18 heavy (non-hydrogen) atoms. The van der Waals surface area contributed by atoms with Gasteiger partial charge in [0.05, 0.1) is 5.60 Å². The smallest absolute Gasteiger partial charge is 0.126 e. The summed E-state index contributed by atoms with van der Waals surface area (Å²) in [6, 6.07) is 3.80. The minimum absolute atomic E-state index is 0.0699. The van der Waals surface area contributed by atoms with Crippen LogP contribution in [0.3, 0.4) is 0 Å². The number of hydrogen-bond acceptors (Lipinski definition) is 4. The molecule has 3 N–H and O–H groups in total. The van der Waals surface area contributed by atoms with E-state index in [1.165, 1.54) is 6.07 Å². The molecule has 0 fully saturated rings. The van der Waals surface area contributed by atoms with E-state index in [2.05, 4.69) is 5.32 Å². The van der Waals surface area contributed by atoms with Gasteiger partial charge in [-0.3, -0.25) is 0 Å². The van der Waals surface area contributed by atoms with Crippen molar-refractivity contribution in [2.45, 2.75) is 25.5 Å². The monoisotopic (exact) mass is 273 g/mol. The van der Waals surface area contributed by atoms with Crippen LogP contribution in [0.15, 0.2) is 18.2 Å². The van der Waals surface area contributed by atoms with Gasteiger partial charge in [0, 0.05) is 30.0 Å². The maximum absolute atomic E-state index is 12.9. The van der Waals surface area contributed by atoms with Crippen LogP contribution in [-0.4, -0.2) is 34.4 Å². The van der Waals surface area contributed by atoms with Crippen LogP contribution in [0.2, 0.25) is 0 Å². The summed E-state index contributed by atoms with van der Waals surface area (Å²) in [6.45, 7) is 4.03. The van der Waals surface area contributed by atoms with Gasteiger partial charge in [0.15, 0.2) is 0 Å². The highest BCUT2D eigenvalue weighted by atomic mass is 32.2. The molecule has 0 saturated heterocycles. The molecule has 1 rings (SSSR count). The van der Waals surface area contributed by atoms with Crippen LogP contribution >= 0.6 is 11.8 Å². The Morgan fingerprint density at radius 1 is 1.50 bits per heavy atom. The third-order valence-corrected chi connectivity index (χ3v) is 3.61. The van der Waals surface area contributed by atoms with Gasteiger partial charge >= 0.3 is 0 Å². The van der Waals surface area contributed by atoms with Crippen LogP contribution < -0.4 is 5.32 Å². The molecular formula is C13H20FNO2S. The summed E-state index contributed by atoms with van der Waals surface area (Å²) in [5, 5.41) is 22.8. The summed E-state index contributed by atoms with van der Waals surface area (Å²) in [4.78, 5) is 0. The standard InChI is InChI=1S/C13H20FNO2S/c1-9(15-7-13(2,17)8-18-3)11-5-4-10(14)6-12(11)16/h4-6,9,15-17H,7-8H2,1-3H3. The van der Waals surface area contributed by atoms with Crippen LogP contribution in [0.4, 0.5) is 4.39 Å². The van der Waals surface area contributed by atoms with Crippen LogP contribution in [0, 0.1) is 5.82 Å². The SMILES string of the molecule is CSCC(C)(O)CNC(C)c1ccc(F)cc1O. The first-order valence-corrected chi connectivity index (χ1v) is 7.18. The predicted molar refractivity (Wildman–Crippen MR) is 73.5 cm³/mol. The highest BCUT2D eigenvalue weighted by molar-refractivity contribution is 7.98. The molecule has 1 aromatic carbocycles. The number of aliphatic hydroxyl groups is 1. The normalized spacial score (nSPS) is 16.3. The fraction of sp³-hybridized carbons (Fsp3) is 0.538. The van der Waals surface area contributed by atoms with E-state index < -0.39 is 11.4 Å². The number of rotatable bonds is 6. The lowest BCUT2D eigenvalue weighted by Crippen LogP contribution is -2.40. The van der Waals surface area contributed by atoms with Crippen LogP contribution in [0.25, 0.3) is 0 Å². The van der Waals surface area contributed by atoms with Crippen molar-refractivity contribution in [1.29, 1.82) is 0 Å². The van der Waals surface area contributed by atoms with Gasteiger partial charge in [-0.05, 0) is 26.2 Å². The second kappa shape index (κ2) is 6.41. The molecule has 0 spiro atoms. The minimum atomic E-state index is -0.802. The molecule has 3 nitrogen and oxygen atoms in total. The summed E-state index contributed by atoms with van der Waals surface area (Å²) in [7, 11) is 0. The van der Waals surface area contributed by atoms with Gasteiger partial charge in [-0.25, -0.2) is 4.39 Å². The zero-order valence-corrected chi connectivity index (χ0v) is 11.7. The quantitative estimate of drug-likeness (QED) is 0.744. The molecule has 0 saturated carbocycles. The van der Waals surface area contributed by atoms with E-state index in [9.17, 15) is 14.6 Å². The van der Waals surface area contributed by atoms with E-state index in [-0.39, 0.29) is 11.8 Å². The van der Waals surface area contributed by atoms with Crippen molar-refractivity contribution in [2.24, 2.45) is 0 Å². The molecule has 0 aliphatic carbocycles. The molecular weight excluding hydrogens is 253 g/mol. The fourth-order valence-corrected chi connectivity index (χ4v) is 2.45. The number of phenols is 1. The Kier molecular flexibility index (Phi) is 5.44. The minimum Gasteiger partial charge on any atom is -0.508 e. The Balaban J connectivity index is 2.63. The summed E-state index contributed by atoms with van der Waals surface area (Å²) in [6.07, 6.45) is 1.93. The average molecular weight is 273 g/mol. The molecule has 0 aromatic heterocycles. The van der Waals surface area contributed by atoms with E-state index in [1.54, 1.807) is 24.8 Å². The molecule has 2 atom stereocenters. The molecule has 2 unspecified atom stereocenters. The predicted octanol–water partition coefficient (Wildman–Crippen LogP) is 2.30. The first-order chi connectivity index (χ1) is 8.35. The number of benzene rings is 1. The zero-order chi connectivity index (χ0) is 13.8. The lowest BCUT2D eigenvalue weighted by molar-refractivity contribution is 0.0819. The molecule has 0 aliphatic heterocycles. The summed E-state index contributed by atoms with van der Waals surface area (Å²) in [5.41, 5.74) is -0.181. The largest absolute Gasteiger partial charge is 0.508 e. The lowest BCUT2D eigenvalue weighted by atomic mass is 10.1. The Morgan fingerprint density at radius 2 is 2.17 bits per heavy atom. The molecule has 0 aliphatic rings. The fourth-order valence-electron chi connectivity index (χ4n) is 1.73. The average Bonchev–Trinajstić information content (AvgIpc) is 2.26. The van der Waals surface area contributed by atoms with E-state index in [0.29, 0.717) is 17.9 Å². The van der Waals surface area contributed by atoms with Crippen molar-refractivity contribution in [3.8, 4) is 5.75 Å². The lowest BCUT2D eigenvalue weighted by Gasteiger charge is -2.25. The highest BCUT2D eigenvalue weighted by Crippen LogP contribution is 2.25. The van der Waals surface area contributed by atoms with E-state index in [4.69, 9.17) is 0 Å². The van der Waals surface area contributed by atoms with Gasteiger partial charge in [0.25, 0.3) is 0 Å². The molecule has 0 amide bonds. The number of nitrogens with one attached hydrogen (secondary N) is 1. The third kappa shape index (κ3) is 4.48.